The molecule has 1 aromatic carbocycles. The maximum Gasteiger partial charge on any atom is 0.490 e. The Morgan fingerprint density at radius 1 is 1.18 bits per heavy atom. The van der Waals surface area contributed by atoms with Crippen LogP contribution in [0.2, 0.25) is 0 Å². The number of benzene rings is 1. The molecule has 1 aromatic rings. The van der Waals surface area contributed by atoms with Crippen LogP contribution in [0.5, 0.6) is 0 Å². The SMILES string of the molecule is O=C([O-])C(OC(=O)C(F)(F)F)c1ccccc1. The zero-order valence-electron chi connectivity index (χ0n) is 8.23. The summed E-state index contributed by atoms with van der Waals surface area (Å²) in [7, 11) is 0. The summed E-state index contributed by atoms with van der Waals surface area (Å²) in [4.78, 5) is 21.1. The predicted molar refractivity (Wildman–Crippen MR) is 46.3 cm³/mol. The molecule has 0 aromatic heterocycles. The van der Waals surface area contributed by atoms with Crippen molar-refractivity contribution >= 4 is 11.9 Å². The maximum atomic E-state index is 11.9. The molecule has 0 saturated carbocycles. The van der Waals surface area contributed by atoms with Gasteiger partial charge in [-0.05, 0) is 5.56 Å². The highest BCUT2D eigenvalue weighted by Gasteiger charge is 2.42. The summed E-state index contributed by atoms with van der Waals surface area (Å²) in [6.45, 7) is 0. The molecule has 7 heteroatoms. The summed E-state index contributed by atoms with van der Waals surface area (Å²) in [5.41, 5.74) is -0.106. The number of aliphatic carboxylic acids is 1. The fourth-order valence-electron chi connectivity index (χ4n) is 1.05. The second kappa shape index (κ2) is 4.86. The molecule has 0 amide bonds. The van der Waals surface area contributed by atoms with E-state index in [1.807, 2.05) is 0 Å². The number of carboxylic acid groups (broad SMARTS) is 1. The lowest BCUT2D eigenvalue weighted by Crippen LogP contribution is -2.36. The summed E-state index contributed by atoms with van der Waals surface area (Å²) < 4.78 is 39.5. The largest absolute Gasteiger partial charge is 0.546 e. The van der Waals surface area contributed by atoms with E-state index in [1.165, 1.54) is 30.3 Å². The molecule has 0 radical (unpaired) electrons. The van der Waals surface area contributed by atoms with Gasteiger partial charge in [0.1, 0.15) is 0 Å². The predicted octanol–water partition coefficient (Wildman–Crippen LogP) is 0.583. The Morgan fingerprint density at radius 2 is 1.71 bits per heavy atom. The van der Waals surface area contributed by atoms with Crippen LogP contribution in [0.3, 0.4) is 0 Å². The Bertz CT molecular complexity index is 413. The van der Waals surface area contributed by atoms with Crippen molar-refractivity contribution in [3.63, 3.8) is 0 Å². The van der Waals surface area contributed by atoms with E-state index in [0.29, 0.717) is 0 Å². The molecule has 0 aliphatic rings. The van der Waals surface area contributed by atoms with Crippen LogP contribution in [0.25, 0.3) is 0 Å². The van der Waals surface area contributed by atoms with Gasteiger partial charge in [-0.25, -0.2) is 4.79 Å². The van der Waals surface area contributed by atoms with Gasteiger partial charge in [0, 0.05) is 0 Å². The van der Waals surface area contributed by atoms with Crippen LogP contribution in [0.15, 0.2) is 30.3 Å². The number of rotatable bonds is 3. The monoisotopic (exact) mass is 247 g/mol. The quantitative estimate of drug-likeness (QED) is 0.733. The number of carbonyl (C=O) groups is 2. The zero-order chi connectivity index (χ0) is 13.1. The number of esters is 1. The van der Waals surface area contributed by atoms with Crippen LogP contribution in [0, 0.1) is 0 Å². The molecular formula is C10H6F3O4-. The van der Waals surface area contributed by atoms with E-state index in [9.17, 15) is 27.9 Å². The van der Waals surface area contributed by atoms with Gasteiger partial charge in [0.05, 0.1) is 5.97 Å². The number of hydrogen-bond acceptors (Lipinski definition) is 4. The van der Waals surface area contributed by atoms with Crippen LogP contribution in [-0.4, -0.2) is 18.1 Å². The Kier molecular flexibility index (Phi) is 3.72. The minimum Gasteiger partial charge on any atom is -0.546 e. The van der Waals surface area contributed by atoms with E-state index in [-0.39, 0.29) is 5.56 Å². The van der Waals surface area contributed by atoms with Crippen molar-refractivity contribution in [1.82, 2.24) is 0 Å². The van der Waals surface area contributed by atoms with Crippen molar-refractivity contribution in [3.05, 3.63) is 35.9 Å². The molecule has 0 bridgehead atoms. The van der Waals surface area contributed by atoms with Gasteiger partial charge < -0.3 is 14.6 Å². The molecule has 0 aliphatic heterocycles. The molecule has 0 saturated heterocycles. The molecule has 17 heavy (non-hydrogen) atoms. The zero-order valence-corrected chi connectivity index (χ0v) is 8.23. The number of carboxylic acids is 1. The van der Waals surface area contributed by atoms with Crippen molar-refractivity contribution in [1.29, 1.82) is 0 Å². The Morgan fingerprint density at radius 3 is 2.12 bits per heavy atom. The lowest BCUT2D eigenvalue weighted by molar-refractivity contribution is -0.317. The van der Waals surface area contributed by atoms with Gasteiger partial charge in [0.25, 0.3) is 0 Å². The van der Waals surface area contributed by atoms with Gasteiger partial charge in [-0.2, -0.15) is 13.2 Å². The van der Waals surface area contributed by atoms with Gasteiger partial charge in [-0.1, -0.05) is 30.3 Å². The summed E-state index contributed by atoms with van der Waals surface area (Å²) in [5.74, 6) is -4.50. The molecule has 0 heterocycles. The van der Waals surface area contributed by atoms with Gasteiger partial charge in [0.2, 0.25) is 0 Å². The fraction of sp³-hybridized carbons (Fsp3) is 0.200. The normalized spacial score (nSPS) is 12.9. The fourth-order valence-corrected chi connectivity index (χ4v) is 1.05. The Hall–Kier alpha value is -2.05. The second-order valence-electron chi connectivity index (χ2n) is 3.01. The van der Waals surface area contributed by atoms with E-state index in [0.717, 1.165) is 0 Å². The van der Waals surface area contributed by atoms with Crippen molar-refractivity contribution in [2.75, 3.05) is 0 Å². The van der Waals surface area contributed by atoms with Crippen LogP contribution in [0.1, 0.15) is 11.7 Å². The lowest BCUT2D eigenvalue weighted by atomic mass is 10.1. The van der Waals surface area contributed by atoms with E-state index in [1.54, 1.807) is 0 Å². The summed E-state index contributed by atoms with van der Waals surface area (Å²) in [6, 6.07) is 6.75. The average molecular weight is 247 g/mol. The van der Waals surface area contributed by atoms with E-state index in [2.05, 4.69) is 4.74 Å². The van der Waals surface area contributed by atoms with Crippen LogP contribution >= 0.6 is 0 Å². The summed E-state index contributed by atoms with van der Waals surface area (Å²) >= 11 is 0. The van der Waals surface area contributed by atoms with Crippen molar-refractivity contribution < 1.29 is 32.6 Å². The van der Waals surface area contributed by atoms with Crippen LogP contribution < -0.4 is 5.11 Å². The number of alkyl halides is 3. The highest BCUT2D eigenvalue weighted by Crippen LogP contribution is 2.23. The highest BCUT2D eigenvalue weighted by atomic mass is 19.4. The van der Waals surface area contributed by atoms with Crippen molar-refractivity contribution in [2.45, 2.75) is 12.3 Å². The second-order valence-corrected chi connectivity index (χ2v) is 3.01. The molecule has 0 N–H and O–H groups in total. The van der Waals surface area contributed by atoms with E-state index < -0.39 is 24.2 Å². The first kappa shape index (κ1) is 13.0. The molecule has 0 spiro atoms. The van der Waals surface area contributed by atoms with Gasteiger partial charge >= 0.3 is 12.1 Å². The number of hydrogen-bond donors (Lipinski definition) is 0. The van der Waals surface area contributed by atoms with E-state index in [4.69, 9.17) is 0 Å². The van der Waals surface area contributed by atoms with Gasteiger partial charge in [-0.15, -0.1) is 0 Å². The standard InChI is InChI=1S/C10H7F3O4/c11-10(12,13)9(16)17-7(8(14)15)6-4-2-1-3-5-6/h1-5,7H,(H,14,15)/p-1. The topological polar surface area (TPSA) is 66.4 Å². The maximum absolute atomic E-state index is 11.9. The first-order chi connectivity index (χ1) is 7.82. The molecule has 1 rings (SSSR count). The first-order valence-corrected chi connectivity index (χ1v) is 4.36. The molecular weight excluding hydrogens is 241 g/mol. The van der Waals surface area contributed by atoms with Crippen molar-refractivity contribution in [2.24, 2.45) is 0 Å². The van der Waals surface area contributed by atoms with Crippen LogP contribution in [-0.2, 0) is 14.3 Å². The number of carbonyl (C=O) groups excluding carboxylic acids is 2. The first-order valence-electron chi connectivity index (χ1n) is 4.36. The molecule has 1 unspecified atom stereocenters. The average Bonchev–Trinajstić information content (AvgIpc) is 2.25. The van der Waals surface area contributed by atoms with Crippen molar-refractivity contribution in [3.8, 4) is 0 Å². The number of halogens is 3. The molecule has 0 fully saturated rings. The van der Waals surface area contributed by atoms with Gasteiger partial charge in [0.15, 0.2) is 6.10 Å². The van der Waals surface area contributed by atoms with Gasteiger partial charge in [-0.3, -0.25) is 0 Å². The molecule has 1 atom stereocenters. The summed E-state index contributed by atoms with van der Waals surface area (Å²) in [6.07, 6.45) is -7.33. The smallest absolute Gasteiger partial charge is 0.490 e. The third-order valence-corrected chi connectivity index (χ3v) is 1.77. The Labute approximate surface area is 93.6 Å². The third-order valence-electron chi connectivity index (χ3n) is 1.77. The minimum atomic E-state index is -5.25. The van der Waals surface area contributed by atoms with E-state index >= 15 is 0 Å². The number of ether oxygens (including phenoxy) is 1. The molecule has 0 aliphatic carbocycles. The third kappa shape index (κ3) is 3.47. The minimum absolute atomic E-state index is 0.106. The lowest BCUT2D eigenvalue weighted by Gasteiger charge is -2.19. The van der Waals surface area contributed by atoms with Crippen LogP contribution in [0.4, 0.5) is 13.2 Å². The molecule has 4 nitrogen and oxygen atoms in total. The Balaban J connectivity index is 2.90. The highest BCUT2D eigenvalue weighted by molar-refractivity contribution is 5.81. The summed E-state index contributed by atoms with van der Waals surface area (Å²) in [5, 5.41) is 10.6. The molecule has 92 valence electrons.